The van der Waals surface area contributed by atoms with E-state index in [0.717, 1.165) is 34.3 Å². The van der Waals surface area contributed by atoms with Gasteiger partial charge in [-0.1, -0.05) is 75.8 Å². The standard InChI is InChI=1S/C36H41N3O4S/c1-3-5-7-8-9-10-24-42-31-19-14-28(15-20-31)36(41)43-32-21-16-29(33(40)25-32)26-37-34-22-23-35(44-34)39-38-30-17-12-27(13-18-30)11-6-4-2/h12-23,25-26,40H,3-11,24H2,1-2H3/b37-26+,39-38?. The summed E-state index contributed by atoms with van der Waals surface area (Å²) in [5.74, 6) is 0.410. The Labute approximate surface area is 264 Å². The van der Waals surface area contributed by atoms with Gasteiger partial charge in [-0.15, -0.1) is 10.2 Å². The maximum atomic E-state index is 12.6. The molecule has 0 fully saturated rings. The lowest BCUT2D eigenvalue weighted by atomic mass is 10.1. The minimum Gasteiger partial charge on any atom is -0.507 e. The zero-order valence-electron chi connectivity index (χ0n) is 25.6. The fourth-order valence-electron chi connectivity index (χ4n) is 4.41. The second-order valence-corrected chi connectivity index (χ2v) is 11.6. The quantitative estimate of drug-likeness (QED) is 0.0422. The van der Waals surface area contributed by atoms with Crippen molar-refractivity contribution in [3.63, 3.8) is 0 Å². The number of benzene rings is 3. The molecule has 0 spiro atoms. The molecule has 1 aromatic heterocycles. The Morgan fingerprint density at radius 2 is 1.48 bits per heavy atom. The molecule has 0 amide bonds. The zero-order chi connectivity index (χ0) is 31.0. The van der Waals surface area contributed by atoms with E-state index in [-0.39, 0.29) is 11.5 Å². The highest BCUT2D eigenvalue weighted by atomic mass is 32.1. The number of nitrogens with zero attached hydrogens (tertiary/aromatic N) is 3. The molecule has 0 atom stereocenters. The maximum Gasteiger partial charge on any atom is 0.343 e. The van der Waals surface area contributed by atoms with E-state index in [1.165, 1.54) is 67.9 Å². The van der Waals surface area contributed by atoms with Gasteiger partial charge >= 0.3 is 5.97 Å². The Bertz CT molecular complexity index is 1510. The number of unbranched alkanes of at least 4 members (excludes halogenated alkanes) is 6. The van der Waals surface area contributed by atoms with Gasteiger partial charge in [-0.25, -0.2) is 9.79 Å². The number of aryl methyl sites for hydroxylation is 1. The van der Waals surface area contributed by atoms with Gasteiger partial charge in [0.05, 0.1) is 17.9 Å². The summed E-state index contributed by atoms with van der Waals surface area (Å²) < 4.78 is 11.3. The van der Waals surface area contributed by atoms with Gasteiger partial charge in [0.1, 0.15) is 27.3 Å². The molecule has 7 nitrogen and oxygen atoms in total. The Morgan fingerprint density at radius 1 is 0.773 bits per heavy atom. The summed E-state index contributed by atoms with van der Waals surface area (Å²) in [5, 5.41) is 20.6. The Morgan fingerprint density at radius 3 is 2.23 bits per heavy atom. The molecule has 4 aromatic rings. The summed E-state index contributed by atoms with van der Waals surface area (Å²) in [6.07, 6.45) is 12.2. The van der Waals surface area contributed by atoms with Crippen LogP contribution in [0.3, 0.4) is 0 Å². The molecular weight excluding hydrogens is 570 g/mol. The second kappa shape index (κ2) is 17.7. The third-order valence-corrected chi connectivity index (χ3v) is 7.87. The van der Waals surface area contributed by atoms with Gasteiger partial charge in [0.2, 0.25) is 0 Å². The van der Waals surface area contributed by atoms with E-state index < -0.39 is 5.97 Å². The van der Waals surface area contributed by atoms with Crippen molar-refractivity contribution in [3.8, 4) is 17.2 Å². The average molecular weight is 612 g/mol. The van der Waals surface area contributed by atoms with Gasteiger partial charge in [0.25, 0.3) is 0 Å². The lowest BCUT2D eigenvalue weighted by molar-refractivity contribution is 0.0734. The number of ether oxygens (including phenoxy) is 2. The number of phenolic OH excluding ortho intramolecular Hbond substituents is 1. The summed E-state index contributed by atoms with van der Waals surface area (Å²) in [5.41, 5.74) is 3.01. The number of carbonyl (C=O) groups is 1. The summed E-state index contributed by atoms with van der Waals surface area (Å²) in [6.45, 7) is 5.07. The fourth-order valence-corrected chi connectivity index (χ4v) is 5.09. The number of carbonyl (C=O) groups excluding carboxylic acids is 1. The number of hydrogen-bond donors (Lipinski definition) is 1. The van der Waals surface area contributed by atoms with Gasteiger partial charge in [0.15, 0.2) is 0 Å². The number of phenols is 1. The molecule has 0 saturated heterocycles. The Balaban J connectivity index is 1.25. The molecule has 4 rings (SSSR count). The van der Waals surface area contributed by atoms with E-state index >= 15 is 0 Å². The highest BCUT2D eigenvalue weighted by Gasteiger charge is 2.11. The van der Waals surface area contributed by atoms with Crippen LogP contribution in [0.25, 0.3) is 0 Å². The Hall–Kier alpha value is -4.30. The minimum atomic E-state index is -0.513. The molecule has 0 bridgehead atoms. The summed E-state index contributed by atoms with van der Waals surface area (Å²) in [6, 6.07) is 23.4. The van der Waals surface area contributed by atoms with Crippen molar-refractivity contribution in [3.05, 3.63) is 95.6 Å². The number of azo groups is 1. The van der Waals surface area contributed by atoms with Crippen LogP contribution in [0.5, 0.6) is 17.2 Å². The monoisotopic (exact) mass is 611 g/mol. The first kappa shape index (κ1) is 32.6. The lowest BCUT2D eigenvalue weighted by Gasteiger charge is -2.08. The van der Waals surface area contributed by atoms with E-state index in [9.17, 15) is 9.90 Å². The molecular formula is C36H41N3O4S. The van der Waals surface area contributed by atoms with Gasteiger partial charge < -0.3 is 14.6 Å². The van der Waals surface area contributed by atoms with Gasteiger partial charge in [-0.05, 0) is 85.5 Å². The number of aromatic hydroxyl groups is 1. The highest BCUT2D eigenvalue weighted by Crippen LogP contribution is 2.33. The van der Waals surface area contributed by atoms with Crippen molar-refractivity contribution in [2.24, 2.45) is 15.2 Å². The van der Waals surface area contributed by atoms with Crippen LogP contribution in [0.2, 0.25) is 0 Å². The molecule has 3 aromatic carbocycles. The maximum absolute atomic E-state index is 12.6. The largest absolute Gasteiger partial charge is 0.507 e. The lowest BCUT2D eigenvalue weighted by Crippen LogP contribution is -2.08. The average Bonchev–Trinajstić information content (AvgIpc) is 3.50. The van der Waals surface area contributed by atoms with Crippen molar-refractivity contribution in [2.75, 3.05) is 6.61 Å². The number of thiophene rings is 1. The van der Waals surface area contributed by atoms with Crippen molar-refractivity contribution in [2.45, 2.75) is 71.6 Å². The minimum absolute atomic E-state index is 0.0451. The SMILES string of the molecule is CCCCCCCCOc1ccc(C(=O)Oc2ccc(/C=N/c3ccc(N=Nc4ccc(CCCC)cc4)s3)c(O)c2)cc1. The highest BCUT2D eigenvalue weighted by molar-refractivity contribution is 7.19. The molecule has 230 valence electrons. The number of hydrogen-bond acceptors (Lipinski definition) is 8. The molecule has 1 N–H and O–H groups in total. The van der Waals surface area contributed by atoms with Crippen molar-refractivity contribution >= 4 is 39.2 Å². The van der Waals surface area contributed by atoms with E-state index in [1.54, 1.807) is 42.6 Å². The van der Waals surface area contributed by atoms with Crippen LogP contribution in [-0.2, 0) is 6.42 Å². The summed E-state index contributed by atoms with van der Waals surface area (Å²) in [7, 11) is 0. The topological polar surface area (TPSA) is 92.8 Å². The summed E-state index contributed by atoms with van der Waals surface area (Å²) in [4.78, 5) is 17.1. The van der Waals surface area contributed by atoms with E-state index in [4.69, 9.17) is 9.47 Å². The molecule has 0 radical (unpaired) electrons. The first-order chi connectivity index (χ1) is 21.5. The van der Waals surface area contributed by atoms with Crippen LogP contribution in [0.1, 0.15) is 86.7 Å². The van der Waals surface area contributed by atoms with Crippen LogP contribution < -0.4 is 9.47 Å². The van der Waals surface area contributed by atoms with Crippen LogP contribution >= 0.6 is 11.3 Å². The molecule has 1 heterocycles. The van der Waals surface area contributed by atoms with Crippen LogP contribution in [0, 0.1) is 0 Å². The van der Waals surface area contributed by atoms with Crippen LogP contribution in [0.4, 0.5) is 15.7 Å². The zero-order valence-corrected chi connectivity index (χ0v) is 26.4. The second-order valence-electron chi connectivity index (χ2n) is 10.6. The van der Waals surface area contributed by atoms with Crippen molar-refractivity contribution < 1.29 is 19.4 Å². The smallest absolute Gasteiger partial charge is 0.343 e. The molecule has 8 heteroatoms. The van der Waals surface area contributed by atoms with Crippen LogP contribution in [-0.4, -0.2) is 23.9 Å². The third-order valence-electron chi connectivity index (χ3n) is 7.00. The molecule has 44 heavy (non-hydrogen) atoms. The summed E-state index contributed by atoms with van der Waals surface area (Å²) >= 11 is 1.39. The van der Waals surface area contributed by atoms with Gasteiger partial charge in [-0.3, -0.25) is 0 Å². The molecule has 0 aliphatic rings. The predicted molar refractivity (Wildman–Crippen MR) is 179 cm³/mol. The first-order valence-electron chi connectivity index (χ1n) is 15.5. The van der Waals surface area contributed by atoms with Crippen molar-refractivity contribution in [1.29, 1.82) is 0 Å². The van der Waals surface area contributed by atoms with E-state index in [0.29, 0.717) is 17.7 Å². The molecule has 0 saturated carbocycles. The molecule has 0 aliphatic heterocycles. The number of rotatable bonds is 17. The van der Waals surface area contributed by atoms with E-state index in [1.807, 2.05) is 24.3 Å². The predicted octanol–water partition coefficient (Wildman–Crippen LogP) is 10.9. The normalized spacial score (nSPS) is 11.4. The first-order valence-corrected chi connectivity index (χ1v) is 16.3. The molecule has 0 unspecified atom stereocenters. The van der Waals surface area contributed by atoms with Crippen molar-refractivity contribution in [1.82, 2.24) is 0 Å². The van der Waals surface area contributed by atoms with E-state index in [2.05, 4.69) is 41.2 Å². The van der Waals surface area contributed by atoms with Gasteiger partial charge in [-0.2, -0.15) is 0 Å². The molecule has 0 aliphatic carbocycles. The third kappa shape index (κ3) is 10.8. The van der Waals surface area contributed by atoms with Crippen LogP contribution in [0.15, 0.2) is 94.1 Å². The van der Waals surface area contributed by atoms with Gasteiger partial charge in [0, 0.05) is 17.8 Å². The Kier molecular flexibility index (Phi) is 13.1. The number of aliphatic imine (C=N–C) groups is 1. The fraction of sp³-hybridized carbons (Fsp3) is 0.333. The number of esters is 1.